The Kier molecular flexibility index (Phi) is 5.23. The van der Waals surface area contributed by atoms with Crippen LogP contribution >= 0.6 is 0 Å². The van der Waals surface area contributed by atoms with Crippen molar-refractivity contribution >= 4 is 49.5 Å². The first kappa shape index (κ1) is 20.2. The van der Waals surface area contributed by atoms with E-state index < -0.39 is 20.9 Å². The summed E-state index contributed by atoms with van der Waals surface area (Å²) in [6.07, 6.45) is 0. The van der Waals surface area contributed by atoms with E-state index in [1.165, 1.54) is 19.1 Å². The lowest BCUT2D eigenvalue weighted by atomic mass is 10.0. The van der Waals surface area contributed by atoms with Gasteiger partial charge in [0.05, 0.1) is 11.1 Å². The maximum absolute atomic E-state index is 11.8. The van der Waals surface area contributed by atoms with Crippen LogP contribution in [0.5, 0.6) is 5.75 Å². The first-order valence-electron chi connectivity index (χ1n) is 8.39. The van der Waals surface area contributed by atoms with Crippen molar-refractivity contribution in [3.63, 3.8) is 0 Å². The van der Waals surface area contributed by atoms with Gasteiger partial charge in [-0.2, -0.15) is 8.42 Å². The smallest absolute Gasteiger partial charge is 0.296 e. The van der Waals surface area contributed by atoms with Crippen LogP contribution in [0.25, 0.3) is 10.8 Å². The second-order valence-corrected chi connectivity index (χ2v) is 7.81. The van der Waals surface area contributed by atoms with Crippen molar-refractivity contribution in [2.24, 2.45) is 10.2 Å². The number of azo groups is 1. The molecule has 0 atom stereocenters. The Bertz CT molecular complexity index is 1270. The normalized spacial score (nSPS) is 11.8. The third-order valence-corrected chi connectivity index (χ3v) is 4.94. The minimum atomic E-state index is -4.65. The summed E-state index contributed by atoms with van der Waals surface area (Å²) in [5.74, 6) is -0.452. The Labute approximate surface area is 166 Å². The average Bonchev–Trinajstić information content (AvgIpc) is 2.60. The first-order valence-corrected chi connectivity index (χ1v) is 9.83. The van der Waals surface area contributed by atoms with Gasteiger partial charge in [-0.1, -0.05) is 12.1 Å². The van der Waals surface area contributed by atoms with E-state index in [4.69, 9.17) is 5.73 Å². The van der Waals surface area contributed by atoms with Gasteiger partial charge in [-0.15, -0.1) is 10.2 Å². The first-order chi connectivity index (χ1) is 13.6. The lowest BCUT2D eigenvalue weighted by Gasteiger charge is -2.09. The topological polar surface area (TPSA) is 154 Å². The Morgan fingerprint density at radius 1 is 1.10 bits per heavy atom. The Balaban J connectivity index is 2.16. The number of fused-ring (bicyclic) bond motifs is 1. The van der Waals surface area contributed by atoms with Crippen LogP contribution in [0.4, 0.5) is 22.7 Å². The van der Waals surface area contributed by atoms with Crippen molar-refractivity contribution in [1.29, 1.82) is 0 Å². The second-order valence-electron chi connectivity index (χ2n) is 6.42. The molecule has 0 saturated heterocycles. The van der Waals surface area contributed by atoms with Crippen LogP contribution < -0.4 is 11.1 Å². The van der Waals surface area contributed by atoms with E-state index in [1.54, 1.807) is 18.2 Å². The van der Waals surface area contributed by atoms with Crippen molar-refractivity contribution in [2.75, 3.05) is 11.1 Å². The number of benzene rings is 3. The molecule has 150 valence electrons. The molecule has 3 aromatic rings. The van der Waals surface area contributed by atoms with Crippen LogP contribution in [0, 0.1) is 6.92 Å². The molecule has 10 heteroatoms. The number of carbonyl (C=O) groups is 1. The summed E-state index contributed by atoms with van der Waals surface area (Å²) in [6.45, 7) is 3.09. The second kappa shape index (κ2) is 7.49. The van der Waals surface area contributed by atoms with Crippen molar-refractivity contribution in [2.45, 2.75) is 18.7 Å². The molecule has 1 amide bonds. The maximum atomic E-state index is 11.8. The van der Waals surface area contributed by atoms with Gasteiger partial charge in [-0.25, -0.2) is 0 Å². The number of aryl methyl sites for hydroxylation is 1. The number of phenolic OH excluding ortho intramolecular Hbond substituents is 1. The molecule has 0 aliphatic heterocycles. The number of nitrogens with two attached hydrogens (primary N) is 1. The third kappa shape index (κ3) is 4.33. The predicted octanol–water partition coefficient (Wildman–Crippen LogP) is 4.06. The molecule has 3 rings (SSSR count). The van der Waals surface area contributed by atoms with Gasteiger partial charge in [0.15, 0.2) is 0 Å². The SMILES string of the molecule is CC(=O)Nc1ccc(N=Nc2c(N)ccc3cc(C)cc(O)c23)c(S(=O)(=O)O)c1. The zero-order valence-electron chi connectivity index (χ0n) is 15.5. The van der Waals surface area contributed by atoms with Crippen LogP contribution in [0.2, 0.25) is 0 Å². The minimum absolute atomic E-state index is 0.0442. The summed E-state index contributed by atoms with van der Waals surface area (Å²) in [5, 5.41) is 21.8. The third-order valence-electron chi connectivity index (χ3n) is 4.06. The fourth-order valence-corrected chi connectivity index (χ4v) is 3.53. The zero-order valence-corrected chi connectivity index (χ0v) is 16.4. The highest BCUT2D eigenvalue weighted by Crippen LogP contribution is 2.40. The van der Waals surface area contributed by atoms with E-state index in [0.717, 1.165) is 11.6 Å². The molecule has 0 unspecified atom stereocenters. The highest BCUT2D eigenvalue weighted by atomic mass is 32.2. The number of carbonyl (C=O) groups excluding carboxylic acids is 1. The monoisotopic (exact) mass is 414 g/mol. The van der Waals surface area contributed by atoms with Gasteiger partial charge in [-0.3, -0.25) is 9.35 Å². The van der Waals surface area contributed by atoms with E-state index in [1.807, 2.05) is 13.0 Å². The van der Waals surface area contributed by atoms with E-state index in [9.17, 15) is 22.9 Å². The maximum Gasteiger partial charge on any atom is 0.296 e. The molecule has 0 radical (unpaired) electrons. The fraction of sp³-hybridized carbons (Fsp3) is 0.105. The molecule has 3 aromatic carbocycles. The molecule has 29 heavy (non-hydrogen) atoms. The lowest BCUT2D eigenvalue weighted by Crippen LogP contribution is -2.07. The number of anilines is 2. The largest absolute Gasteiger partial charge is 0.507 e. The number of aromatic hydroxyl groups is 1. The van der Waals surface area contributed by atoms with Gasteiger partial charge in [0.1, 0.15) is 22.0 Å². The van der Waals surface area contributed by atoms with E-state index in [0.29, 0.717) is 10.8 Å². The lowest BCUT2D eigenvalue weighted by molar-refractivity contribution is -0.114. The molecule has 0 fully saturated rings. The molecular weight excluding hydrogens is 396 g/mol. The van der Waals surface area contributed by atoms with Crippen LogP contribution in [-0.4, -0.2) is 24.0 Å². The quantitative estimate of drug-likeness (QED) is 0.287. The van der Waals surface area contributed by atoms with Crippen molar-refractivity contribution in [3.8, 4) is 5.75 Å². The van der Waals surface area contributed by atoms with Crippen LogP contribution in [0.15, 0.2) is 57.6 Å². The summed E-state index contributed by atoms with van der Waals surface area (Å²) in [6, 6.07) is 10.5. The summed E-state index contributed by atoms with van der Waals surface area (Å²) in [4.78, 5) is 10.6. The molecule has 0 aliphatic rings. The number of nitrogen functional groups attached to an aromatic ring is 1. The molecule has 9 nitrogen and oxygen atoms in total. The molecule has 0 aliphatic carbocycles. The summed E-state index contributed by atoms with van der Waals surface area (Å²) in [7, 11) is -4.65. The van der Waals surface area contributed by atoms with Crippen molar-refractivity contribution < 1.29 is 22.9 Å². The van der Waals surface area contributed by atoms with Gasteiger partial charge in [0, 0.05) is 12.6 Å². The number of nitrogens with one attached hydrogen (secondary N) is 1. The van der Waals surface area contributed by atoms with Crippen molar-refractivity contribution in [1.82, 2.24) is 0 Å². The molecular formula is C19H18N4O5S. The summed E-state index contributed by atoms with van der Waals surface area (Å²) in [5.41, 5.74) is 7.21. The molecule has 0 aromatic heterocycles. The predicted molar refractivity (Wildman–Crippen MR) is 109 cm³/mol. The Morgan fingerprint density at radius 3 is 2.48 bits per heavy atom. The minimum Gasteiger partial charge on any atom is -0.507 e. The summed E-state index contributed by atoms with van der Waals surface area (Å²) >= 11 is 0. The Morgan fingerprint density at radius 2 is 1.83 bits per heavy atom. The fourth-order valence-electron chi connectivity index (χ4n) is 2.88. The number of amides is 1. The van der Waals surface area contributed by atoms with E-state index in [2.05, 4.69) is 15.5 Å². The van der Waals surface area contributed by atoms with E-state index in [-0.39, 0.29) is 28.5 Å². The highest BCUT2D eigenvalue weighted by Gasteiger charge is 2.18. The van der Waals surface area contributed by atoms with Crippen molar-refractivity contribution in [3.05, 3.63) is 48.0 Å². The van der Waals surface area contributed by atoms with Gasteiger partial charge >= 0.3 is 0 Å². The molecule has 0 bridgehead atoms. The number of hydrogen-bond donors (Lipinski definition) is 4. The van der Waals surface area contributed by atoms with Crippen LogP contribution in [0.3, 0.4) is 0 Å². The Hall–Kier alpha value is -3.50. The van der Waals surface area contributed by atoms with Crippen LogP contribution in [0.1, 0.15) is 12.5 Å². The van der Waals surface area contributed by atoms with Crippen LogP contribution in [-0.2, 0) is 14.9 Å². The number of hydrogen-bond acceptors (Lipinski definition) is 7. The molecule has 0 heterocycles. The zero-order chi connectivity index (χ0) is 21.3. The standard InChI is InChI=1S/C19H18N4O5S/c1-10-7-12-3-5-14(20)19(18(12)16(25)8-10)23-22-15-6-4-13(21-11(2)24)9-17(15)29(26,27)28/h3-9,25H,20H2,1-2H3,(H,21,24)(H,26,27,28). The van der Waals surface area contributed by atoms with Gasteiger partial charge in [0.2, 0.25) is 5.91 Å². The highest BCUT2D eigenvalue weighted by molar-refractivity contribution is 7.86. The van der Waals surface area contributed by atoms with Gasteiger partial charge in [-0.05, 0) is 48.2 Å². The van der Waals surface area contributed by atoms with Gasteiger partial charge in [0.25, 0.3) is 10.1 Å². The number of rotatable bonds is 4. The average molecular weight is 414 g/mol. The number of phenols is 1. The molecule has 0 spiro atoms. The summed E-state index contributed by atoms with van der Waals surface area (Å²) < 4.78 is 33.0. The van der Waals surface area contributed by atoms with Gasteiger partial charge < -0.3 is 16.2 Å². The molecule has 0 saturated carbocycles. The van der Waals surface area contributed by atoms with E-state index >= 15 is 0 Å². The number of nitrogens with zero attached hydrogens (tertiary/aromatic N) is 2. The molecule has 5 N–H and O–H groups in total.